The first-order valence-corrected chi connectivity index (χ1v) is 6.64. The van der Waals surface area contributed by atoms with Crippen LogP contribution in [0.15, 0.2) is 18.2 Å². The molecule has 3 nitrogen and oxygen atoms in total. The fourth-order valence-electron chi connectivity index (χ4n) is 3.01. The number of aryl methyl sites for hydroxylation is 1. The van der Waals surface area contributed by atoms with Gasteiger partial charge in [0.25, 0.3) is 0 Å². The van der Waals surface area contributed by atoms with Gasteiger partial charge in [-0.2, -0.15) is 5.26 Å². The van der Waals surface area contributed by atoms with Crippen molar-refractivity contribution < 1.29 is 0 Å². The summed E-state index contributed by atoms with van der Waals surface area (Å²) < 4.78 is 2.15. The second-order valence-corrected chi connectivity index (χ2v) is 5.23. The molecule has 1 aromatic heterocycles. The number of rotatable bonds is 2. The highest BCUT2D eigenvalue weighted by molar-refractivity contribution is 5.82. The Morgan fingerprint density at radius 3 is 2.89 bits per heavy atom. The minimum atomic E-state index is 0.681. The topological polar surface area (TPSA) is 41.6 Å². The van der Waals surface area contributed by atoms with E-state index in [4.69, 9.17) is 5.26 Å². The Morgan fingerprint density at radius 1 is 1.39 bits per heavy atom. The summed E-state index contributed by atoms with van der Waals surface area (Å²) in [6.07, 6.45) is 6.43. The molecule has 1 fully saturated rings. The first-order chi connectivity index (χ1) is 8.79. The van der Waals surface area contributed by atoms with E-state index in [1.54, 1.807) is 0 Å². The van der Waals surface area contributed by atoms with Gasteiger partial charge in [0, 0.05) is 13.5 Å². The summed E-state index contributed by atoms with van der Waals surface area (Å²) in [4.78, 5) is 4.69. The number of aromatic nitrogens is 2. The molecule has 0 amide bonds. The lowest BCUT2D eigenvalue weighted by Gasteiger charge is -2.08. The largest absolute Gasteiger partial charge is 0.331 e. The molecule has 2 aromatic rings. The van der Waals surface area contributed by atoms with Crippen molar-refractivity contribution >= 4 is 11.0 Å². The number of hydrogen-bond acceptors (Lipinski definition) is 2. The van der Waals surface area contributed by atoms with E-state index in [9.17, 15) is 0 Å². The summed E-state index contributed by atoms with van der Waals surface area (Å²) >= 11 is 0. The Kier molecular flexibility index (Phi) is 2.79. The number of nitrogens with zero attached hydrogens (tertiary/aromatic N) is 3. The molecule has 0 atom stereocenters. The molecule has 1 heterocycles. The van der Waals surface area contributed by atoms with Gasteiger partial charge in [-0.05, 0) is 18.1 Å². The van der Waals surface area contributed by atoms with Crippen LogP contribution >= 0.6 is 0 Å². The average Bonchev–Trinajstić information content (AvgIpc) is 3.00. The summed E-state index contributed by atoms with van der Waals surface area (Å²) in [6.45, 7) is 0. The normalized spacial score (nSPS) is 16.2. The first kappa shape index (κ1) is 11.3. The molecule has 1 saturated carbocycles. The van der Waals surface area contributed by atoms with E-state index in [1.807, 2.05) is 18.2 Å². The lowest BCUT2D eigenvalue weighted by atomic mass is 10.0. The molecule has 0 N–H and O–H groups in total. The Morgan fingerprint density at radius 2 is 2.17 bits per heavy atom. The third-order valence-corrected chi connectivity index (χ3v) is 4.07. The second-order valence-electron chi connectivity index (χ2n) is 5.23. The van der Waals surface area contributed by atoms with Gasteiger partial charge in [0.05, 0.1) is 11.1 Å². The van der Waals surface area contributed by atoms with E-state index in [2.05, 4.69) is 22.7 Å². The first-order valence-electron chi connectivity index (χ1n) is 6.64. The predicted octanol–water partition coefficient (Wildman–Crippen LogP) is 3.18. The number of imidazole rings is 1. The van der Waals surface area contributed by atoms with Crippen LogP contribution in [0, 0.1) is 17.2 Å². The monoisotopic (exact) mass is 239 g/mol. The maximum absolute atomic E-state index is 9.12. The van der Waals surface area contributed by atoms with Gasteiger partial charge in [-0.15, -0.1) is 0 Å². The van der Waals surface area contributed by atoms with Crippen LogP contribution in [-0.2, 0) is 13.5 Å². The molecule has 3 heteroatoms. The molecule has 18 heavy (non-hydrogen) atoms. The van der Waals surface area contributed by atoms with E-state index in [1.165, 1.54) is 25.7 Å². The molecule has 0 unspecified atom stereocenters. The van der Waals surface area contributed by atoms with Gasteiger partial charge >= 0.3 is 0 Å². The molecule has 3 rings (SSSR count). The van der Waals surface area contributed by atoms with E-state index in [-0.39, 0.29) is 0 Å². The third-order valence-electron chi connectivity index (χ3n) is 4.07. The van der Waals surface area contributed by atoms with Crippen molar-refractivity contribution in [3.05, 3.63) is 29.6 Å². The maximum Gasteiger partial charge on any atom is 0.109 e. The van der Waals surface area contributed by atoms with Gasteiger partial charge in [0.1, 0.15) is 17.4 Å². The Labute approximate surface area is 107 Å². The van der Waals surface area contributed by atoms with E-state index < -0.39 is 0 Å². The highest BCUT2D eigenvalue weighted by Crippen LogP contribution is 2.29. The summed E-state index contributed by atoms with van der Waals surface area (Å²) in [6, 6.07) is 8.05. The summed E-state index contributed by atoms with van der Waals surface area (Å²) in [5.41, 5.74) is 2.61. The molecule has 0 radical (unpaired) electrons. The Balaban J connectivity index is 2.02. The number of para-hydroxylation sites is 1. The second kappa shape index (κ2) is 4.45. The van der Waals surface area contributed by atoms with Crippen LogP contribution in [0.4, 0.5) is 0 Å². The molecule has 0 aliphatic heterocycles. The van der Waals surface area contributed by atoms with Gasteiger partial charge < -0.3 is 4.57 Å². The number of nitriles is 1. The Hall–Kier alpha value is -1.82. The highest BCUT2D eigenvalue weighted by atomic mass is 15.1. The standard InChI is InChI=1S/C15H17N3/c1-18-13-8-4-7-12(10-16)15(13)17-14(18)9-11-5-2-3-6-11/h4,7-8,11H,2-3,5-6,9H2,1H3. The lowest BCUT2D eigenvalue weighted by molar-refractivity contribution is 0.522. The quantitative estimate of drug-likeness (QED) is 0.807. The molecule has 1 aliphatic carbocycles. The van der Waals surface area contributed by atoms with Gasteiger partial charge in [0.15, 0.2) is 0 Å². The van der Waals surface area contributed by atoms with E-state index in [0.717, 1.165) is 29.2 Å². The van der Waals surface area contributed by atoms with Crippen LogP contribution < -0.4 is 0 Å². The molecule has 1 aliphatic rings. The van der Waals surface area contributed by atoms with Crippen LogP contribution in [0.2, 0.25) is 0 Å². The predicted molar refractivity (Wildman–Crippen MR) is 71.1 cm³/mol. The van der Waals surface area contributed by atoms with Crippen LogP contribution in [0.1, 0.15) is 37.1 Å². The van der Waals surface area contributed by atoms with Crippen LogP contribution in [-0.4, -0.2) is 9.55 Å². The number of benzene rings is 1. The van der Waals surface area contributed by atoms with Crippen molar-refractivity contribution in [3.63, 3.8) is 0 Å². The van der Waals surface area contributed by atoms with Crippen molar-refractivity contribution in [2.24, 2.45) is 13.0 Å². The van der Waals surface area contributed by atoms with Crippen molar-refractivity contribution in [1.82, 2.24) is 9.55 Å². The number of hydrogen-bond donors (Lipinski definition) is 0. The van der Waals surface area contributed by atoms with Gasteiger partial charge in [0.2, 0.25) is 0 Å². The lowest BCUT2D eigenvalue weighted by Crippen LogP contribution is -2.05. The van der Waals surface area contributed by atoms with Crippen LogP contribution in [0.3, 0.4) is 0 Å². The molecule has 92 valence electrons. The molecular weight excluding hydrogens is 222 g/mol. The van der Waals surface area contributed by atoms with E-state index >= 15 is 0 Å². The van der Waals surface area contributed by atoms with Gasteiger partial charge in [-0.1, -0.05) is 31.7 Å². The Bertz CT molecular complexity index is 612. The third kappa shape index (κ3) is 1.78. The van der Waals surface area contributed by atoms with E-state index in [0.29, 0.717) is 5.56 Å². The van der Waals surface area contributed by atoms with Gasteiger partial charge in [-0.25, -0.2) is 4.98 Å². The van der Waals surface area contributed by atoms with Crippen molar-refractivity contribution in [2.45, 2.75) is 32.1 Å². The van der Waals surface area contributed by atoms with Crippen LogP contribution in [0.5, 0.6) is 0 Å². The van der Waals surface area contributed by atoms with Crippen molar-refractivity contribution in [3.8, 4) is 6.07 Å². The minimum Gasteiger partial charge on any atom is -0.331 e. The molecule has 1 aromatic carbocycles. The smallest absolute Gasteiger partial charge is 0.109 e. The number of fused-ring (bicyclic) bond motifs is 1. The van der Waals surface area contributed by atoms with Crippen molar-refractivity contribution in [2.75, 3.05) is 0 Å². The van der Waals surface area contributed by atoms with Crippen molar-refractivity contribution in [1.29, 1.82) is 5.26 Å². The fraction of sp³-hybridized carbons (Fsp3) is 0.467. The average molecular weight is 239 g/mol. The fourth-order valence-corrected chi connectivity index (χ4v) is 3.01. The summed E-state index contributed by atoms with van der Waals surface area (Å²) in [7, 11) is 2.06. The maximum atomic E-state index is 9.12. The zero-order valence-corrected chi connectivity index (χ0v) is 10.7. The molecule has 0 spiro atoms. The van der Waals surface area contributed by atoms with Gasteiger partial charge in [-0.3, -0.25) is 0 Å². The SMILES string of the molecule is Cn1c(CC2CCCC2)nc2c(C#N)cccc21. The zero-order chi connectivity index (χ0) is 12.5. The summed E-state index contributed by atoms with van der Waals surface area (Å²) in [5.74, 6) is 1.91. The molecule has 0 bridgehead atoms. The molecular formula is C15H17N3. The van der Waals surface area contributed by atoms with Crippen LogP contribution in [0.25, 0.3) is 11.0 Å². The summed E-state index contributed by atoms with van der Waals surface area (Å²) in [5, 5.41) is 9.12. The minimum absolute atomic E-state index is 0.681. The molecule has 0 saturated heterocycles. The highest BCUT2D eigenvalue weighted by Gasteiger charge is 2.19. The zero-order valence-electron chi connectivity index (χ0n) is 10.7.